The lowest BCUT2D eigenvalue weighted by Gasteiger charge is -2.10. The Kier molecular flexibility index (Phi) is 5.03. The molecule has 25 heavy (non-hydrogen) atoms. The summed E-state index contributed by atoms with van der Waals surface area (Å²) in [5, 5.41) is 14.1. The Bertz CT molecular complexity index is 882. The van der Waals surface area contributed by atoms with Gasteiger partial charge in [-0.25, -0.2) is 0 Å². The molecule has 0 aliphatic carbocycles. The first-order valence-corrected chi connectivity index (χ1v) is 8.51. The summed E-state index contributed by atoms with van der Waals surface area (Å²) in [7, 11) is 0. The van der Waals surface area contributed by atoms with Crippen LogP contribution in [0.25, 0.3) is 10.9 Å². The Morgan fingerprint density at radius 3 is 2.60 bits per heavy atom. The van der Waals surface area contributed by atoms with Gasteiger partial charge < -0.3 is 14.4 Å². The maximum absolute atomic E-state index is 11.1. The zero-order valence-electron chi connectivity index (χ0n) is 14.5. The standard InChI is InChI=1S/C20H22N2O3/c1-3-4-12-25-16-10-8-15(9-11-16)13-22-19-14(2)6-5-7-17(19)18(21-24)20(22)23/h5-11,23H,3-4,12-13H2,1-2H3. The molecule has 0 aliphatic heterocycles. The summed E-state index contributed by atoms with van der Waals surface area (Å²) in [5.41, 5.74) is 2.93. The molecule has 3 aromatic rings. The number of hydrogen-bond acceptors (Lipinski definition) is 4. The van der Waals surface area contributed by atoms with Crippen molar-refractivity contribution in [1.82, 2.24) is 4.57 Å². The zero-order valence-corrected chi connectivity index (χ0v) is 14.5. The average molecular weight is 338 g/mol. The zero-order chi connectivity index (χ0) is 17.8. The van der Waals surface area contributed by atoms with Crippen LogP contribution in [-0.2, 0) is 6.54 Å². The first kappa shape index (κ1) is 17.0. The fourth-order valence-corrected chi connectivity index (χ4v) is 3.01. The second kappa shape index (κ2) is 7.38. The third-order valence-electron chi connectivity index (χ3n) is 4.35. The van der Waals surface area contributed by atoms with Gasteiger partial charge in [0.15, 0.2) is 5.69 Å². The summed E-state index contributed by atoms with van der Waals surface area (Å²) in [6.07, 6.45) is 2.14. The summed E-state index contributed by atoms with van der Waals surface area (Å²) in [6, 6.07) is 13.4. The van der Waals surface area contributed by atoms with E-state index >= 15 is 0 Å². The first-order chi connectivity index (χ1) is 12.2. The number of aryl methyl sites for hydroxylation is 1. The lowest BCUT2D eigenvalue weighted by atomic mass is 10.1. The Balaban J connectivity index is 1.90. The van der Waals surface area contributed by atoms with Gasteiger partial charge in [-0.2, -0.15) is 0 Å². The first-order valence-electron chi connectivity index (χ1n) is 8.51. The van der Waals surface area contributed by atoms with Crippen molar-refractivity contribution in [3.8, 4) is 11.6 Å². The molecule has 5 nitrogen and oxygen atoms in total. The molecular formula is C20H22N2O3. The number of aromatic hydroxyl groups is 1. The van der Waals surface area contributed by atoms with Crippen LogP contribution in [-0.4, -0.2) is 16.3 Å². The molecule has 2 aromatic carbocycles. The summed E-state index contributed by atoms with van der Waals surface area (Å²) >= 11 is 0. The number of ether oxygens (including phenoxy) is 1. The van der Waals surface area contributed by atoms with Crippen molar-refractivity contribution in [3.63, 3.8) is 0 Å². The molecule has 0 unspecified atom stereocenters. The van der Waals surface area contributed by atoms with Gasteiger partial charge >= 0.3 is 0 Å². The second-order valence-corrected chi connectivity index (χ2v) is 6.17. The Morgan fingerprint density at radius 1 is 1.16 bits per heavy atom. The minimum absolute atomic E-state index is 0.0948. The number of nitrogens with zero attached hydrogens (tertiary/aromatic N) is 2. The number of benzene rings is 2. The largest absolute Gasteiger partial charge is 0.494 e. The monoisotopic (exact) mass is 338 g/mol. The van der Waals surface area contributed by atoms with Crippen LogP contribution in [0, 0.1) is 11.8 Å². The molecule has 1 N–H and O–H groups in total. The molecule has 3 rings (SSSR count). The van der Waals surface area contributed by atoms with Crippen LogP contribution in [0.2, 0.25) is 0 Å². The third-order valence-corrected chi connectivity index (χ3v) is 4.35. The summed E-state index contributed by atoms with van der Waals surface area (Å²) in [6.45, 7) is 5.26. The highest BCUT2D eigenvalue weighted by atomic mass is 16.5. The van der Waals surface area contributed by atoms with E-state index in [2.05, 4.69) is 12.1 Å². The molecule has 0 spiro atoms. The van der Waals surface area contributed by atoms with E-state index in [1.54, 1.807) is 10.6 Å². The molecule has 5 heteroatoms. The van der Waals surface area contributed by atoms with E-state index in [1.807, 2.05) is 43.3 Å². The fraction of sp³-hybridized carbons (Fsp3) is 0.300. The number of rotatable bonds is 7. The van der Waals surface area contributed by atoms with Crippen LogP contribution in [0.5, 0.6) is 11.6 Å². The molecule has 0 aliphatic rings. The predicted molar refractivity (Wildman–Crippen MR) is 99.7 cm³/mol. The van der Waals surface area contributed by atoms with E-state index < -0.39 is 0 Å². The highest BCUT2D eigenvalue weighted by molar-refractivity contribution is 5.96. The van der Waals surface area contributed by atoms with Crippen molar-refractivity contribution >= 4 is 16.6 Å². The summed E-state index contributed by atoms with van der Waals surface area (Å²) in [4.78, 5) is 11.1. The molecule has 1 heterocycles. The Hall–Kier alpha value is -2.82. The number of hydrogen-bond donors (Lipinski definition) is 1. The van der Waals surface area contributed by atoms with Crippen LogP contribution < -0.4 is 4.74 Å². The van der Waals surface area contributed by atoms with Crippen molar-refractivity contribution in [2.75, 3.05) is 6.61 Å². The SMILES string of the molecule is CCCCOc1ccc(Cn2c(O)c(N=O)c3cccc(C)c32)cc1. The van der Waals surface area contributed by atoms with Gasteiger partial charge in [0.05, 0.1) is 18.7 Å². The second-order valence-electron chi connectivity index (χ2n) is 6.17. The highest BCUT2D eigenvalue weighted by Crippen LogP contribution is 2.40. The Labute approximate surface area is 146 Å². The predicted octanol–water partition coefficient (Wildman–Crippen LogP) is 5.28. The van der Waals surface area contributed by atoms with Gasteiger partial charge in [0.25, 0.3) is 0 Å². The van der Waals surface area contributed by atoms with Gasteiger partial charge in [-0.3, -0.25) is 0 Å². The quantitative estimate of drug-likeness (QED) is 0.471. The van der Waals surface area contributed by atoms with Crippen LogP contribution in [0.15, 0.2) is 47.6 Å². The average Bonchev–Trinajstić information content (AvgIpc) is 2.89. The molecule has 130 valence electrons. The molecule has 1 aromatic heterocycles. The molecular weight excluding hydrogens is 316 g/mol. The highest BCUT2D eigenvalue weighted by Gasteiger charge is 2.18. The van der Waals surface area contributed by atoms with Gasteiger partial charge in [-0.15, -0.1) is 4.91 Å². The lowest BCUT2D eigenvalue weighted by Crippen LogP contribution is -2.01. The van der Waals surface area contributed by atoms with Crippen molar-refractivity contribution in [2.24, 2.45) is 5.18 Å². The molecule has 0 saturated heterocycles. The van der Waals surface area contributed by atoms with Crippen molar-refractivity contribution < 1.29 is 9.84 Å². The van der Waals surface area contributed by atoms with Crippen molar-refractivity contribution in [2.45, 2.75) is 33.2 Å². The maximum atomic E-state index is 11.1. The summed E-state index contributed by atoms with van der Waals surface area (Å²) < 4.78 is 7.40. The molecule has 0 saturated carbocycles. The maximum Gasteiger partial charge on any atom is 0.222 e. The van der Waals surface area contributed by atoms with Gasteiger partial charge in [-0.05, 0) is 41.8 Å². The van der Waals surface area contributed by atoms with E-state index in [0.717, 1.165) is 35.2 Å². The van der Waals surface area contributed by atoms with Gasteiger partial charge in [0, 0.05) is 5.39 Å². The van der Waals surface area contributed by atoms with E-state index in [0.29, 0.717) is 18.5 Å². The van der Waals surface area contributed by atoms with Gasteiger partial charge in [0.2, 0.25) is 5.88 Å². The van der Waals surface area contributed by atoms with E-state index in [4.69, 9.17) is 4.74 Å². The molecule has 0 radical (unpaired) electrons. The van der Waals surface area contributed by atoms with Crippen LogP contribution in [0.3, 0.4) is 0 Å². The van der Waals surface area contributed by atoms with Crippen molar-refractivity contribution in [1.29, 1.82) is 0 Å². The topological polar surface area (TPSA) is 63.8 Å². The molecule has 0 bridgehead atoms. The number of unbranched alkanes of at least 4 members (excludes halogenated alkanes) is 1. The fourth-order valence-electron chi connectivity index (χ4n) is 3.01. The van der Waals surface area contributed by atoms with Gasteiger partial charge in [0.1, 0.15) is 5.75 Å². The van der Waals surface area contributed by atoms with Crippen LogP contribution in [0.4, 0.5) is 5.69 Å². The van der Waals surface area contributed by atoms with E-state index in [-0.39, 0.29) is 11.6 Å². The van der Waals surface area contributed by atoms with Gasteiger partial charge in [-0.1, -0.05) is 43.7 Å². The smallest absolute Gasteiger partial charge is 0.222 e. The molecule has 0 atom stereocenters. The minimum Gasteiger partial charge on any atom is -0.494 e. The number of para-hydroxylation sites is 1. The minimum atomic E-state index is -0.0948. The number of fused-ring (bicyclic) bond motifs is 1. The third kappa shape index (κ3) is 3.36. The molecule has 0 fully saturated rings. The van der Waals surface area contributed by atoms with E-state index in [9.17, 15) is 10.0 Å². The number of aromatic nitrogens is 1. The summed E-state index contributed by atoms with van der Waals surface area (Å²) in [5.74, 6) is 0.743. The van der Waals surface area contributed by atoms with Crippen LogP contribution in [0.1, 0.15) is 30.9 Å². The van der Waals surface area contributed by atoms with Crippen molar-refractivity contribution in [3.05, 3.63) is 58.5 Å². The van der Waals surface area contributed by atoms with Crippen LogP contribution >= 0.6 is 0 Å². The van der Waals surface area contributed by atoms with E-state index in [1.165, 1.54) is 0 Å². The normalized spacial score (nSPS) is 11.0. The molecule has 0 amide bonds. The lowest BCUT2D eigenvalue weighted by molar-refractivity contribution is 0.309. The number of nitroso groups, excluding NO2 is 1. The Morgan fingerprint density at radius 2 is 1.92 bits per heavy atom.